The molecule has 2 aromatic carbocycles. The molecular formula is C23H15ClFN3O4. The Morgan fingerprint density at radius 3 is 2.62 bits per heavy atom. The molecule has 0 aliphatic heterocycles. The number of rotatable bonds is 4. The van der Waals surface area contributed by atoms with Crippen LogP contribution in [-0.2, 0) is 0 Å². The molecule has 0 saturated heterocycles. The average molecular weight is 452 g/mol. The standard InChI is InChI=1S/C23H15ClFN3O4/c1-11-6-9-17(32-11)20(29)18-19(13-8-7-12(25)10-14(13)24)28(22(31)21(18)30)23-26-15-4-2-3-5-16(15)27-23/h2-10,30-31H,1H3,(H,26,27). The lowest BCUT2D eigenvalue weighted by Gasteiger charge is -2.11. The monoisotopic (exact) mass is 451 g/mol. The number of aryl methyl sites for hydroxylation is 1. The third-order valence-corrected chi connectivity index (χ3v) is 5.40. The van der Waals surface area contributed by atoms with Crippen LogP contribution in [-0.4, -0.2) is 30.5 Å². The number of para-hydroxylation sites is 2. The number of aromatic hydroxyl groups is 2. The smallest absolute Gasteiger partial charge is 0.242 e. The number of H-pyrrole nitrogens is 1. The van der Waals surface area contributed by atoms with E-state index in [2.05, 4.69) is 9.97 Å². The van der Waals surface area contributed by atoms with E-state index in [0.29, 0.717) is 16.8 Å². The predicted molar refractivity (Wildman–Crippen MR) is 116 cm³/mol. The van der Waals surface area contributed by atoms with E-state index >= 15 is 0 Å². The van der Waals surface area contributed by atoms with Gasteiger partial charge in [-0.05, 0) is 49.4 Å². The third kappa shape index (κ3) is 3.04. The number of furan rings is 1. The molecule has 3 N–H and O–H groups in total. The maximum Gasteiger partial charge on any atom is 0.242 e. The summed E-state index contributed by atoms with van der Waals surface area (Å²) >= 11 is 6.31. The van der Waals surface area contributed by atoms with Gasteiger partial charge in [0.1, 0.15) is 11.6 Å². The number of aromatic amines is 1. The van der Waals surface area contributed by atoms with E-state index < -0.39 is 23.2 Å². The van der Waals surface area contributed by atoms with Crippen molar-refractivity contribution < 1.29 is 23.8 Å². The molecule has 0 aliphatic rings. The van der Waals surface area contributed by atoms with Gasteiger partial charge in [-0.15, -0.1) is 0 Å². The fourth-order valence-electron chi connectivity index (χ4n) is 3.63. The topological polar surface area (TPSA) is 104 Å². The quantitative estimate of drug-likeness (QED) is 0.319. The van der Waals surface area contributed by atoms with Crippen molar-refractivity contribution >= 4 is 28.4 Å². The first kappa shape index (κ1) is 19.9. The van der Waals surface area contributed by atoms with Crippen LogP contribution in [0.5, 0.6) is 11.6 Å². The number of hydrogen-bond donors (Lipinski definition) is 3. The first-order chi connectivity index (χ1) is 15.3. The summed E-state index contributed by atoms with van der Waals surface area (Å²) < 4.78 is 20.3. The number of ketones is 1. The number of carbonyl (C=O) groups is 1. The highest BCUT2D eigenvalue weighted by atomic mass is 35.5. The van der Waals surface area contributed by atoms with Crippen molar-refractivity contribution in [2.45, 2.75) is 6.92 Å². The molecule has 5 rings (SSSR count). The van der Waals surface area contributed by atoms with Crippen molar-refractivity contribution in [3.8, 4) is 28.8 Å². The normalized spacial score (nSPS) is 11.3. The molecule has 0 unspecified atom stereocenters. The number of nitrogens with one attached hydrogen (secondary N) is 1. The van der Waals surface area contributed by atoms with E-state index in [1.807, 2.05) is 6.07 Å². The van der Waals surface area contributed by atoms with Crippen molar-refractivity contribution in [3.05, 3.63) is 82.5 Å². The minimum Gasteiger partial charge on any atom is -0.503 e. The van der Waals surface area contributed by atoms with Crippen molar-refractivity contribution in [2.24, 2.45) is 0 Å². The van der Waals surface area contributed by atoms with Crippen LogP contribution in [0, 0.1) is 12.7 Å². The fourth-order valence-corrected chi connectivity index (χ4v) is 3.89. The molecule has 160 valence electrons. The van der Waals surface area contributed by atoms with Gasteiger partial charge >= 0.3 is 0 Å². The van der Waals surface area contributed by atoms with Crippen molar-refractivity contribution in [1.82, 2.24) is 14.5 Å². The largest absolute Gasteiger partial charge is 0.503 e. The van der Waals surface area contributed by atoms with Crippen LogP contribution in [0.2, 0.25) is 5.02 Å². The van der Waals surface area contributed by atoms with E-state index in [0.717, 1.165) is 16.7 Å². The molecule has 0 saturated carbocycles. The van der Waals surface area contributed by atoms with E-state index in [-0.39, 0.29) is 33.6 Å². The van der Waals surface area contributed by atoms with Crippen LogP contribution in [0.4, 0.5) is 4.39 Å². The Bertz CT molecular complexity index is 1480. The average Bonchev–Trinajstić information content (AvgIpc) is 3.44. The second kappa shape index (κ2) is 7.28. The number of carbonyl (C=O) groups excluding carboxylic acids is 1. The first-order valence-corrected chi connectivity index (χ1v) is 9.91. The molecule has 0 atom stereocenters. The van der Waals surface area contributed by atoms with Gasteiger partial charge in [-0.3, -0.25) is 4.79 Å². The summed E-state index contributed by atoms with van der Waals surface area (Å²) in [7, 11) is 0. The van der Waals surface area contributed by atoms with E-state index in [4.69, 9.17) is 16.0 Å². The molecule has 0 radical (unpaired) electrons. The van der Waals surface area contributed by atoms with Crippen molar-refractivity contribution in [3.63, 3.8) is 0 Å². The summed E-state index contributed by atoms with van der Waals surface area (Å²) in [5, 5.41) is 21.6. The lowest BCUT2D eigenvalue weighted by atomic mass is 10.0. The zero-order valence-electron chi connectivity index (χ0n) is 16.6. The SMILES string of the molecule is Cc1ccc(C(=O)c2c(O)c(O)n(-c3nc4ccccc4[nH]3)c2-c2ccc(F)cc2Cl)o1. The molecule has 0 aliphatic carbocycles. The number of halogens is 2. The molecule has 9 heteroatoms. The van der Waals surface area contributed by atoms with Gasteiger partial charge in [0.05, 0.1) is 27.3 Å². The predicted octanol–water partition coefficient (Wildman–Crippen LogP) is 5.36. The Morgan fingerprint density at radius 2 is 1.94 bits per heavy atom. The fraction of sp³-hybridized carbons (Fsp3) is 0.0435. The van der Waals surface area contributed by atoms with Crippen LogP contribution < -0.4 is 0 Å². The number of benzene rings is 2. The summed E-state index contributed by atoms with van der Waals surface area (Å²) in [4.78, 5) is 20.8. The van der Waals surface area contributed by atoms with Gasteiger partial charge in [-0.1, -0.05) is 23.7 Å². The van der Waals surface area contributed by atoms with Gasteiger partial charge in [0.25, 0.3) is 0 Å². The molecule has 5 aromatic rings. The Morgan fingerprint density at radius 1 is 1.16 bits per heavy atom. The van der Waals surface area contributed by atoms with E-state index in [1.165, 1.54) is 12.1 Å². The number of imidazole rings is 1. The molecule has 0 bridgehead atoms. The second-order valence-corrected chi connectivity index (χ2v) is 7.58. The van der Waals surface area contributed by atoms with Crippen LogP contribution in [0.3, 0.4) is 0 Å². The zero-order chi connectivity index (χ0) is 22.6. The minimum atomic E-state index is -0.684. The number of nitrogens with zero attached hydrogens (tertiary/aromatic N) is 2. The first-order valence-electron chi connectivity index (χ1n) is 9.53. The van der Waals surface area contributed by atoms with Crippen molar-refractivity contribution in [1.29, 1.82) is 0 Å². The third-order valence-electron chi connectivity index (χ3n) is 5.09. The summed E-state index contributed by atoms with van der Waals surface area (Å²) in [5.74, 6) is -2.00. The van der Waals surface area contributed by atoms with Gasteiger partial charge in [-0.2, -0.15) is 0 Å². The Kier molecular flexibility index (Phi) is 4.53. The Balaban J connectivity index is 1.85. The minimum absolute atomic E-state index is 0.0236. The van der Waals surface area contributed by atoms with Gasteiger partial charge in [0, 0.05) is 5.56 Å². The maximum atomic E-state index is 13.7. The molecule has 3 heterocycles. The molecule has 0 fully saturated rings. The molecule has 0 amide bonds. The van der Waals surface area contributed by atoms with Gasteiger partial charge in [0.15, 0.2) is 11.5 Å². The zero-order valence-corrected chi connectivity index (χ0v) is 17.3. The summed E-state index contributed by atoms with van der Waals surface area (Å²) in [5.41, 5.74) is 1.24. The molecule has 3 aromatic heterocycles. The van der Waals surface area contributed by atoms with Crippen LogP contribution in [0.25, 0.3) is 28.2 Å². The van der Waals surface area contributed by atoms with E-state index in [9.17, 15) is 19.4 Å². The maximum absolute atomic E-state index is 13.7. The molecule has 0 spiro atoms. The lowest BCUT2D eigenvalue weighted by Crippen LogP contribution is -2.05. The number of aromatic nitrogens is 3. The summed E-state index contributed by atoms with van der Waals surface area (Å²) in [6, 6.07) is 13.8. The molecule has 7 nitrogen and oxygen atoms in total. The number of fused-ring (bicyclic) bond motifs is 1. The Labute approximate surface area is 185 Å². The van der Waals surface area contributed by atoms with Crippen molar-refractivity contribution in [2.75, 3.05) is 0 Å². The molecule has 32 heavy (non-hydrogen) atoms. The number of hydrogen-bond acceptors (Lipinski definition) is 5. The van der Waals surface area contributed by atoms with Crippen LogP contribution >= 0.6 is 11.6 Å². The van der Waals surface area contributed by atoms with Crippen LogP contribution in [0.15, 0.2) is 59.0 Å². The highest BCUT2D eigenvalue weighted by Gasteiger charge is 2.33. The van der Waals surface area contributed by atoms with Gasteiger partial charge < -0.3 is 19.6 Å². The summed E-state index contributed by atoms with van der Waals surface area (Å²) in [6.07, 6.45) is 0. The highest BCUT2D eigenvalue weighted by Crippen LogP contribution is 2.45. The van der Waals surface area contributed by atoms with Gasteiger partial charge in [0.2, 0.25) is 17.6 Å². The second-order valence-electron chi connectivity index (χ2n) is 7.17. The highest BCUT2D eigenvalue weighted by molar-refractivity contribution is 6.33. The summed E-state index contributed by atoms with van der Waals surface area (Å²) in [6.45, 7) is 1.67. The van der Waals surface area contributed by atoms with Crippen LogP contribution in [0.1, 0.15) is 21.9 Å². The molecular weight excluding hydrogens is 437 g/mol. The van der Waals surface area contributed by atoms with E-state index in [1.54, 1.807) is 31.2 Å². The van der Waals surface area contributed by atoms with Gasteiger partial charge in [-0.25, -0.2) is 13.9 Å². The Hall–Kier alpha value is -4.04. The lowest BCUT2D eigenvalue weighted by molar-refractivity contribution is 0.101.